The van der Waals surface area contributed by atoms with Crippen molar-refractivity contribution < 1.29 is 4.57 Å². The average Bonchev–Trinajstić information content (AvgIpc) is 2.49. The molecular weight excluding hydrogens is 263 g/mol. The molecular formula is C18H23OP. The van der Waals surface area contributed by atoms with Crippen LogP contribution in [-0.4, -0.2) is 0 Å². The van der Waals surface area contributed by atoms with Crippen molar-refractivity contribution in [1.82, 2.24) is 0 Å². The van der Waals surface area contributed by atoms with E-state index < -0.39 is 7.80 Å². The van der Waals surface area contributed by atoms with E-state index in [0.717, 1.165) is 36.3 Å². The minimum Gasteiger partial charge on any atom is -0.317 e. The van der Waals surface area contributed by atoms with Gasteiger partial charge in [-0.05, 0) is 24.0 Å². The molecule has 0 bridgehead atoms. The van der Waals surface area contributed by atoms with E-state index in [9.17, 15) is 4.57 Å². The Labute approximate surface area is 122 Å². The number of aryl methyl sites for hydroxylation is 2. The van der Waals surface area contributed by atoms with Crippen LogP contribution in [0.25, 0.3) is 0 Å². The minimum atomic E-state index is -1.86. The standard InChI is InChI=1S/C18H23OP/c1-3-5-15-7-11-17(12-8-15)20(19)18-13-9-16(6-4-2)10-14-18/h7-14,20H,3-6H2,1-2H3. The molecule has 0 heterocycles. The van der Waals surface area contributed by atoms with Gasteiger partial charge in [0.1, 0.15) is 7.80 Å². The van der Waals surface area contributed by atoms with E-state index >= 15 is 0 Å². The van der Waals surface area contributed by atoms with Crippen LogP contribution in [0.1, 0.15) is 37.8 Å². The van der Waals surface area contributed by atoms with Crippen LogP contribution >= 0.6 is 7.80 Å². The summed E-state index contributed by atoms with van der Waals surface area (Å²) in [5.41, 5.74) is 2.65. The summed E-state index contributed by atoms with van der Waals surface area (Å²) in [5.74, 6) is 0. The van der Waals surface area contributed by atoms with Crippen molar-refractivity contribution in [3.8, 4) is 0 Å². The zero-order valence-electron chi connectivity index (χ0n) is 12.4. The third-order valence-electron chi connectivity index (χ3n) is 3.51. The van der Waals surface area contributed by atoms with Gasteiger partial charge in [-0.1, -0.05) is 75.2 Å². The Kier molecular flexibility index (Phi) is 5.61. The molecule has 0 atom stereocenters. The van der Waals surface area contributed by atoms with E-state index in [1.165, 1.54) is 11.1 Å². The molecule has 20 heavy (non-hydrogen) atoms. The molecule has 0 N–H and O–H groups in total. The van der Waals surface area contributed by atoms with E-state index in [1.807, 2.05) is 24.3 Å². The van der Waals surface area contributed by atoms with Crippen LogP contribution in [0, 0.1) is 0 Å². The fourth-order valence-electron chi connectivity index (χ4n) is 2.39. The van der Waals surface area contributed by atoms with Crippen LogP contribution in [0.3, 0.4) is 0 Å². The van der Waals surface area contributed by atoms with Gasteiger partial charge >= 0.3 is 0 Å². The molecule has 2 aromatic rings. The van der Waals surface area contributed by atoms with E-state index in [1.54, 1.807) is 0 Å². The summed E-state index contributed by atoms with van der Waals surface area (Å²) in [6, 6.07) is 16.5. The first-order valence-corrected chi connectivity index (χ1v) is 8.88. The molecule has 2 aromatic carbocycles. The van der Waals surface area contributed by atoms with Crippen LogP contribution in [0.2, 0.25) is 0 Å². The fourth-order valence-corrected chi connectivity index (χ4v) is 3.66. The number of benzene rings is 2. The molecule has 0 saturated heterocycles. The minimum absolute atomic E-state index is 0.957. The smallest absolute Gasteiger partial charge is 0.131 e. The number of rotatable bonds is 6. The van der Waals surface area contributed by atoms with Crippen LogP contribution in [0.15, 0.2) is 48.5 Å². The van der Waals surface area contributed by atoms with Gasteiger partial charge in [0.25, 0.3) is 0 Å². The second-order valence-electron chi connectivity index (χ2n) is 5.22. The molecule has 0 saturated carbocycles. The molecule has 106 valence electrons. The zero-order chi connectivity index (χ0) is 14.4. The first kappa shape index (κ1) is 15.1. The quantitative estimate of drug-likeness (QED) is 0.731. The molecule has 2 heteroatoms. The highest BCUT2D eigenvalue weighted by molar-refractivity contribution is 7.61. The van der Waals surface area contributed by atoms with Crippen LogP contribution in [-0.2, 0) is 17.4 Å². The van der Waals surface area contributed by atoms with E-state index in [4.69, 9.17) is 0 Å². The van der Waals surface area contributed by atoms with Crippen molar-refractivity contribution in [3.63, 3.8) is 0 Å². The van der Waals surface area contributed by atoms with Gasteiger partial charge in [0.2, 0.25) is 0 Å². The summed E-state index contributed by atoms with van der Waals surface area (Å²) in [6.45, 7) is 4.35. The monoisotopic (exact) mass is 286 g/mol. The van der Waals surface area contributed by atoms with Crippen molar-refractivity contribution in [3.05, 3.63) is 59.7 Å². The van der Waals surface area contributed by atoms with Gasteiger partial charge in [-0.2, -0.15) is 0 Å². The van der Waals surface area contributed by atoms with Crippen molar-refractivity contribution in [2.24, 2.45) is 0 Å². The molecule has 0 fully saturated rings. The van der Waals surface area contributed by atoms with Gasteiger partial charge in [0.05, 0.1) is 0 Å². The maximum atomic E-state index is 12.6. The number of hydrogen-bond donors (Lipinski definition) is 0. The van der Waals surface area contributed by atoms with Crippen molar-refractivity contribution in [2.45, 2.75) is 39.5 Å². The predicted octanol–water partition coefficient (Wildman–Crippen LogP) is 4.10. The molecule has 2 rings (SSSR count). The summed E-state index contributed by atoms with van der Waals surface area (Å²) in [4.78, 5) is 0. The second kappa shape index (κ2) is 7.45. The normalized spacial score (nSPS) is 10.9. The van der Waals surface area contributed by atoms with E-state index in [-0.39, 0.29) is 0 Å². The Morgan fingerprint density at radius 1 is 0.700 bits per heavy atom. The molecule has 1 nitrogen and oxygen atoms in total. The van der Waals surface area contributed by atoms with Crippen molar-refractivity contribution >= 4 is 18.4 Å². The summed E-state index contributed by atoms with van der Waals surface area (Å²) >= 11 is 0. The first-order valence-electron chi connectivity index (χ1n) is 7.47. The van der Waals surface area contributed by atoms with Crippen LogP contribution in [0.5, 0.6) is 0 Å². The third kappa shape index (κ3) is 3.84. The van der Waals surface area contributed by atoms with Gasteiger partial charge < -0.3 is 4.57 Å². The highest BCUT2D eigenvalue weighted by Gasteiger charge is 2.06. The van der Waals surface area contributed by atoms with Gasteiger partial charge in [-0.3, -0.25) is 0 Å². The molecule has 0 aliphatic rings. The topological polar surface area (TPSA) is 17.1 Å². The average molecular weight is 286 g/mol. The second-order valence-corrected chi connectivity index (χ2v) is 7.04. The maximum Gasteiger partial charge on any atom is 0.131 e. The first-order chi connectivity index (χ1) is 9.74. The summed E-state index contributed by atoms with van der Waals surface area (Å²) < 4.78 is 12.6. The van der Waals surface area contributed by atoms with E-state index in [2.05, 4.69) is 38.1 Å². The summed E-state index contributed by atoms with van der Waals surface area (Å²) in [5, 5.41) is 1.91. The molecule has 0 unspecified atom stereocenters. The molecule has 0 spiro atoms. The molecule has 0 aliphatic heterocycles. The number of hydrogen-bond acceptors (Lipinski definition) is 1. The Morgan fingerprint density at radius 2 is 1.05 bits per heavy atom. The molecule has 0 radical (unpaired) electrons. The van der Waals surface area contributed by atoms with Crippen molar-refractivity contribution in [2.75, 3.05) is 0 Å². The van der Waals surface area contributed by atoms with E-state index in [0.29, 0.717) is 0 Å². The summed E-state index contributed by atoms with van der Waals surface area (Å²) in [6.07, 6.45) is 4.47. The lowest BCUT2D eigenvalue weighted by Gasteiger charge is -2.06. The van der Waals surface area contributed by atoms with Gasteiger partial charge in [-0.15, -0.1) is 0 Å². The van der Waals surface area contributed by atoms with Gasteiger partial charge in [0.15, 0.2) is 0 Å². The third-order valence-corrected chi connectivity index (χ3v) is 5.23. The lowest BCUT2D eigenvalue weighted by molar-refractivity contribution is 0.598. The molecule has 0 amide bonds. The van der Waals surface area contributed by atoms with Crippen LogP contribution in [0.4, 0.5) is 0 Å². The Morgan fingerprint density at radius 3 is 1.35 bits per heavy atom. The SMILES string of the molecule is CCCc1ccc([PH](=O)c2ccc(CCC)cc2)cc1. The summed E-state index contributed by atoms with van der Waals surface area (Å²) in [7, 11) is -1.86. The lowest BCUT2D eigenvalue weighted by Crippen LogP contribution is -2.06. The molecule has 0 aliphatic carbocycles. The fraction of sp³-hybridized carbons (Fsp3) is 0.333. The maximum absolute atomic E-state index is 12.6. The van der Waals surface area contributed by atoms with Gasteiger partial charge in [-0.25, -0.2) is 0 Å². The van der Waals surface area contributed by atoms with Crippen molar-refractivity contribution in [1.29, 1.82) is 0 Å². The Balaban J connectivity index is 2.13. The predicted molar refractivity (Wildman–Crippen MR) is 89.1 cm³/mol. The van der Waals surface area contributed by atoms with Gasteiger partial charge in [0, 0.05) is 10.6 Å². The highest BCUT2D eigenvalue weighted by Crippen LogP contribution is 2.20. The Bertz CT molecular complexity index is 503. The lowest BCUT2D eigenvalue weighted by atomic mass is 10.1. The zero-order valence-corrected chi connectivity index (χ0v) is 13.4. The Hall–Kier alpha value is -1.33. The largest absolute Gasteiger partial charge is 0.317 e. The van der Waals surface area contributed by atoms with Crippen LogP contribution < -0.4 is 10.6 Å². The highest BCUT2D eigenvalue weighted by atomic mass is 31.1. The molecule has 0 aromatic heterocycles.